The first-order chi connectivity index (χ1) is 10.3. The molecule has 1 aromatic carbocycles. The third kappa shape index (κ3) is 3.87. The van der Waals surface area contributed by atoms with E-state index in [0.717, 1.165) is 22.6 Å². The largest absolute Gasteiger partial charge is 0.370 e. The minimum atomic E-state index is -0.0914. The molecule has 0 amide bonds. The second-order valence-corrected chi connectivity index (χ2v) is 6.47. The molecule has 0 atom stereocenters. The van der Waals surface area contributed by atoms with Crippen LogP contribution in [0.2, 0.25) is 0 Å². The van der Waals surface area contributed by atoms with Crippen LogP contribution in [0, 0.1) is 13.8 Å². The maximum absolute atomic E-state index is 5.94. The van der Waals surface area contributed by atoms with Crippen LogP contribution in [0.4, 0.5) is 0 Å². The Kier molecular flexibility index (Phi) is 4.54. The van der Waals surface area contributed by atoms with Crippen molar-refractivity contribution in [1.82, 2.24) is 15.1 Å². The van der Waals surface area contributed by atoms with E-state index < -0.39 is 0 Å². The number of nitrogens with two attached hydrogens (primary N) is 1. The summed E-state index contributed by atoms with van der Waals surface area (Å²) in [6.07, 6.45) is 0. The predicted octanol–water partition coefficient (Wildman–Crippen LogP) is 2.69. The Morgan fingerprint density at radius 1 is 1.23 bits per heavy atom. The summed E-state index contributed by atoms with van der Waals surface area (Å²) in [6.45, 7) is 10.8. The van der Waals surface area contributed by atoms with E-state index in [1.54, 1.807) is 0 Å². The van der Waals surface area contributed by atoms with Gasteiger partial charge in [0.15, 0.2) is 5.96 Å². The quantitative estimate of drug-likeness (QED) is 0.676. The van der Waals surface area contributed by atoms with Gasteiger partial charge in [-0.05, 0) is 46.8 Å². The van der Waals surface area contributed by atoms with Crippen LogP contribution in [0.25, 0.3) is 5.69 Å². The van der Waals surface area contributed by atoms with E-state index in [0.29, 0.717) is 12.5 Å². The molecule has 5 heteroatoms. The average Bonchev–Trinajstić information content (AvgIpc) is 2.71. The van der Waals surface area contributed by atoms with Crippen LogP contribution in [-0.4, -0.2) is 21.3 Å². The monoisotopic (exact) mass is 299 g/mol. The molecule has 1 heterocycles. The molecule has 0 unspecified atom stereocenters. The number of benzene rings is 1. The molecule has 0 spiro atoms. The molecule has 0 aliphatic carbocycles. The topological polar surface area (TPSA) is 68.2 Å². The van der Waals surface area contributed by atoms with Crippen molar-refractivity contribution in [2.75, 3.05) is 0 Å². The summed E-state index contributed by atoms with van der Waals surface area (Å²) in [5.41, 5.74) is 10.1. The fourth-order valence-corrected chi connectivity index (χ4v) is 2.31. The Balaban J connectivity index is 2.23. The number of hydrogen-bond acceptors (Lipinski definition) is 2. The van der Waals surface area contributed by atoms with Crippen LogP contribution in [0.15, 0.2) is 35.3 Å². The first-order valence-corrected chi connectivity index (χ1v) is 7.46. The van der Waals surface area contributed by atoms with Gasteiger partial charge in [-0.2, -0.15) is 5.10 Å². The van der Waals surface area contributed by atoms with Gasteiger partial charge in [0.1, 0.15) is 0 Å². The molecule has 0 aliphatic rings. The normalized spacial score (nSPS) is 12.5. The van der Waals surface area contributed by atoms with Gasteiger partial charge in [0.25, 0.3) is 0 Å². The highest BCUT2D eigenvalue weighted by Crippen LogP contribution is 2.18. The molecule has 5 nitrogen and oxygen atoms in total. The van der Waals surface area contributed by atoms with Gasteiger partial charge in [-0.3, -0.25) is 0 Å². The highest BCUT2D eigenvalue weighted by molar-refractivity contribution is 5.78. The summed E-state index contributed by atoms with van der Waals surface area (Å²) in [4.78, 5) is 4.44. The van der Waals surface area contributed by atoms with Crippen molar-refractivity contribution < 1.29 is 0 Å². The number of para-hydroxylation sites is 1. The third-order valence-electron chi connectivity index (χ3n) is 3.35. The van der Waals surface area contributed by atoms with Crippen molar-refractivity contribution >= 4 is 5.96 Å². The highest BCUT2D eigenvalue weighted by Gasteiger charge is 2.13. The summed E-state index contributed by atoms with van der Waals surface area (Å²) in [6, 6.07) is 10.1. The van der Waals surface area contributed by atoms with Crippen molar-refractivity contribution in [3.05, 3.63) is 47.3 Å². The van der Waals surface area contributed by atoms with Gasteiger partial charge in [-0.25, -0.2) is 9.67 Å². The van der Waals surface area contributed by atoms with Crippen LogP contribution in [0.5, 0.6) is 0 Å². The summed E-state index contributed by atoms with van der Waals surface area (Å²) >= 11 is 0. The first-order valence-electron chi connectivity index (χ1n) is 7.46. The van der Waals surface area contributed by atoms with Gasteiger partial charge in [0.05, 0.1) is 17.9 Å². The Morgan fingerprint density at radius 2 is 1.86 bits per heavy atom. The lowest BCUT2D eigenvalue weighted by Gasteiger charge is -2.21. The molecule has 1 aromatic heterocycles. The number of aromatic nitrogens is 2. The number of aliphatic imine (C=N–C) groups is 1. The molecule has 2 aromatic rings. The van der Waals surface area contributed by atoms with Gasteiger partial charge < -0.3 is 11.1 Å². The van der Waals surface area contributed by atoms with E-state index in [2.05, 4.69) is 43.1 Å². The molecular weight excluding hydrogens is 274 g/mol. The number of nitrogens with zero attached hydrogens (tertiary/aromatic N) is 3. The molecular formula is C17H25N5. The lowest BCUT2D eigenvalue weighted by Crippen LogP contribution is -2.45. The Hall–Kier alpha value is -2.30. The van der Waals surface area contributed by atoms with Gasteiger partial charge in [-0.15, -0.1) is 0 Å². The van der Waals surface area contributed by atoms with Crippen molar-refractivity contribution in [3.8, 4) is 5.69 Å². The standard InChI is InChI=1S/C17H25N5/c1-12-15(11-19-16(18)20-17(3,4)5)13(2)22(21-12)14-9-7-6-8-10-14/h6-10H,11H2,1-5H3,(H3,18,19,20). The fourth-order valence-electron chi connectivity index (χ4n) is 2.31. The van der Waals surface area contributed by atoms with E-state index in [1.807, 2.05) is 41.9 Å². The molecule has 0 fully saturated rings. The van der Waals surface area contributed by atoms with E-state index >= 15 is 0 Å². The van der Waals surface area contributed by atoms with E-state index in [1.165, 1.54) is 0 Å². The predicted molar refractivity (Wildman–Crippen MR) is 91.3 cm³/mol. The van der Waals surface area contributed by atoms with Crippen LogP contribution in [-0.2, 0) is 6.54 Å². The molecule has 2 rings (SSSR count). The average molecular weight is 299 g/mol. The Bertz CT molecular complexity index is 662. The van der Waals surface area contributed by atoms with Crippen molar-refractivity contribution in [2.24, 2.45) is 10.7 Å². The zero-order valence-electron chi connectivity index (χ0n) is 14.0. The van der Waals surface area contributed by atoms with Crippen LogP contribution in [0.1, 0.15) is 37.7 Å². The Morgan fingerprint density at radius 3 is 2.45 bits per heavy atom. The lowest BCUT2D eigenvalue weighted by atomic mass is 10.1. The SMILES string of the molecule is Cc1nn(-c2ccccc2)c(C)c1CN=C(N)NC(C)(C)C. The van der Waals surface area contributed by atoms with Crippen molar-refractivity contribution in [2.45, 2.75) is 46.7 Å². The molecule has 0 aliphatic heterocycles. The van der Waals surface area contributed by atoms with E-state index in [-0.39, 0.29) is 5.54 Å². The zero-order chi connectivity index (χ0) is 16.3. The minimum absolute atomic E-state index is 0.0914. The van der Waals surface area contributed by atoms with Crippen molar-refractivity contribution in [1.29, 1.82) is 0 Å². The molecule has 118 valence electrons. The third-order valence-corrected chi connectivity index (χ3v) is 3.35. The summed E-state index contributed by atoms with van der Waals surface area (Å²) in [5.74, 6) is 0.457. The number of rotatable bonds is 3. The van der Waals surface area contributed by atoms with Crippen LogP contribution >= 0.6 is 0 Å². The minimum Gasteiger partial charge on any atom is -0.370 e. The number of hydrogen-bond donors (Lipinski definition) is 2. The van der Waals surface area contributed by atoms with Gasteiger partial charge in [0, 0.05) is 16.8 Å². The lowest BCUT2D eigenvalue weighted by molar-refractivity contribution is 0.508. The summed E-state index contributed by atoms with van der Waals surface area (Å²) in [7, 11) is 0. The second-order valence-electron chi connectivity index (χ2n) is 6.47. The zero-order valence-corrected chi connectivity index (χ0v) is 14.0. The number of nitrogens with one attached hydrogen (secondary N) is 1. The van der Waals surface area contributed by atoms with E-state index in [9.17, 15) is 0 Å². The second kappa shape index (κ2) is 6.22. The molecule has 0 bridgehead atoms. The molecule has 22 heavy (non-hydrogen) atoms. The maximum atomic E-state index is 5.94. The number of guanidine groups is 1. The maximum Gasteiger partial charge on any atom is 0.189 e. The van der Waals surface area contributed by atoms with Gasteiger partial charge >= 0.3 is 0 Å². The summed E-state index contributed by atoms with van der Waals surface area (Å²) in [5, 5.41) is 7.79. The van der Waals surface area contributed by atoms with Crippen LogP contribution in [0.3, 0.4) is 0 Å². The Labute approximate surface area is 132 Å². The van der Waals surface area contributed by atoms with Gasteiger partial charge in [0.2, 0.25) is 0 Å². The smallest absolute Gasteiger partial charge is 0.189 e. The molecule has 0 saturated carbocycles. The fraction of sp³-hybridized carbons (Fsp3) is 0.412. The van der Waals surface area contributed by atoms with Crippen LogP contribution < -0.4 is 11.1 Å². The summed E-state index contributed by atoms with van der Waals surface area (Å²) < 4.78 is 1.95. The first kappa shape index (κ1) is 16.1. The molecule has 0 radical (unpaired) electrons. The molecule has 0 saturated heterocycles. The van der Waals surface area contributed by atoms with Gasteiger partial charge in [-0.1, -0.05) is 18.2 Å². The van der Waals surface area contributed by atoms with Crippen molar-refractivity contribution in [3.63, 3.8) is 0 Å². The van der Waals surface area contributed by atoms with E-state index in [4.69, 9.17) is 5.73 Å². The molecule has 3 N–H and O–H groups in total. The highest BCUT2D eigenvalue weighted by atomic mass is 15.3. The number of aryl methyl sites for hydroxylation is 1.